The van der Waals surface area contributed by atoms with Gasteiger partial charge >= 0.3 is 0 Å². The van der Waals surface area contributed by atoms with E-state index in [0.717, 1.165) is 11.1 Å². The Morgan fingerprint density at radius 2 is 2.09 bits per heavy atom. The number of imidazole rings is 1. The molecular weight excluding hydrogens is 409 g/mol. The van der Waals surface area contributed by atoms with Gasteiger partial charge in [0.15, 0.2) is 17.1 Å². The van der Waals surface area contributed by atoms with Gasteiger partial charge in [-0.05, 0) is 24.6 Å². The lowest BCUT2D eigenvalue weighted by atomic mass is 10.0. The summed E-state index contributed by atoms with van der Waals surface area (Å²) >= 11 is 0. The number of hydrogen-bond acceptors (Lipinski definition) is 6. The number of ketones is 1. The highest BCUT2D eigenvalue weighted by atomic mass is 19.1. The first-order chi connectivity index (χ1) is 15.5. The number of nitriles is 1. The number of carbonyl (C=O) groups excluding carboxylic acids is 1. The van der Waals surface area contributed by atoms with Crippen LogP contribution in [-0.2, 0) is 13.0 Å². The summed E-state index contributed by atoms with van der Waals surface area (Å²) in [4.78, 5) is 20.5. The fourth-order valence-electron chi connectivity index (χ4n) is 3.92. The topological polar surface area (TPSA) is 92.3 Å². The van der Waals surface area contributed by atoms with E-state index in [1.165, 1.54) is 13.0 Å². The second-order valence-corrected chi connectivity index (χ2v) is 7.52. The number of anilines is 1. The monoisotopic (exact) mass is 427 g/mol. The Hall–Kier alpha value is -4.25. The van der Waals surface area contributed by atoms with E-state index >= 15 is 0 Å². The average Bonchev–Trinajstić information content (AvgIpc) is 3.45. The number of halogens is 1. The number of hydrogen-bond donors (Lipinski definition) is 1. The van der Waals surface area contributed by atoms with Crippen LogP contribution >= 0.6 is 0 Å². The SMILES string of the molecule is CC(=O)c1ccc(-c2cnc(NCc3c(F)ccc4c3CCO4)n3cc(C#N)nc23)cc1. The summed E-state index contributed by atoms with van der Waals surface area (Å²) in [6, 6.07) is 12.2. The summed E-state index contributed by atoms with van der Waals surface area (Å²) < 4.78 is 21.7. The number of fused-ring (bicyclic) bond motifs is 2. The summed E-state index contributed by atoms with van der Waals surface area (Å²) in [7, 11) is 0. The van der Waals surface area contributed by atoms with Crippen molar-refractivity contribution >= 4 is 17.4 Å². The van der Waals surface area contributed by atoms with Gasteiger partial charge in [-0.2, -0.15) is 5.26 Å². The lowest BCUT2D eigenvalue weighted by Gasteiger charge is -2.13. The van der Waals surface area contributed by atoms with Gasteiger partial charge in [0.05, 0.1) is 12.8 Å². The van der Waals surface area contributed by atoms with Crippen molar-refractivity contribution in [2.75, 3.05) is 11.9 Å². The van der Waals surface area contributed by atoms with E-state index in [1.54, 1.807) is 35.0 Å². The summed E-state index contributed by atoms with van der Waals surface area (Å²) in [6.07, 6.45) is 3.91. The van der Waals surface area contributed by atoms with Crippen LogP contribution in [0.5, 0.6) is 5.75 Å². The van der Waals surface area contributed by atoms with Crippen LogP contribution in [0.4, 0.5) is 10.3 Å². The number of carbonyl (C=O) groups is 1. The van der Waals surface area contributed by atoms with Gasteiger partial charge in [-0.3, -0.25) is 9.20 Å². The fourth-order valence-corrected chi connectivity index (χ4v) is 3.92. The highest BCUT2D eigenvalue weighted by molar-refractivity contribution is 5.94. The molecule has 2 aromatic heterocycles. The fraction of sp³-hybridized carbons (Fsp3) is 0.167. The Labute approximate surface area is 183 Å². The number of rotatable bonds is 5. The first-order valence-electron chi connectivity index (χ1n) is 10.1. The Bertz CT molecular complexity index is 1400. The maximum atomic E-state index is 14.5. The first kappa shape index (κ1) is 19.7. The van der Waals surface area contributed by atoms with Crippen LogP contribution in [0, 0.1) is 17.1 Å². The van der Waals surface area contributed by atoms with Crippen LogP contribution in [0.1, 0.15) is 34.1 Å². The van der Waals surface area contributed by atoms with Gasteiger partial charge in [0.2, 0.25) is 5.95 Å². The third-order valence-electron chi connectivity index (χ3n) is 5.57. The standard InChI is InChI=1S/C24H18FN5O2/c1-14(31)15-2-4-16(5-3-15)19-11-27-24(30-13-17(10-26)29-23(19)30)28-12-20-18-8-9-32-22(18)7-6-21(20)25/h2-7,11,13H,8-9,12H2,1H3,(H,27,28). The minimum atomic E-state index is -0.302. The zero-order valence-corrected chi connectivity index (χ0v) is 17.2. The molecule has 32 heavy (non-hydrogen) atoms. The van der Waals surface area contributed by atoms with Gasteiger partial charge in [0.1, 0.15) is 17.6 Å². The molecule has 4 aromatic rings. The second-order valence-electron chi connectivity index (χ2n) is 7.52. The molecule has 1 aliphatic heterocycles. The number of Topliss-reactive ketones (excluding diaryl/α,β-unsaturated/α-hetero) is 1. The Morgan fingerprint density at radius 1 is 1.28 bits per heavy atom. The van der Waals surface area contributed by atoms with E-state index in [2.05, 4.69) is 21.4 Å². The van der Waals surface area contributed by atoms with E-state index < -0.39 is 0 Å². The minimum absolute atomic E-state index is 0.0167. The smallest absolute Gasteiger partial charge is 0.208 e. The normalized spacial score (nSPS) is 12.3. The molecule has 7 nitrogen and oxygen atoms in total. The van der Waals surface area contributed by atoms with Crippen LogP contribution in [0.2, 0.25) is 0 Å². The summed E-state index contributed by atoms with van der Waals surface area (Å²) in [5, 5.41) is 12.5. The van der Waals surface area contributed by atoms with Crippen LogP contribution in [0.15, 0.2) is 48.8 Å². The second kappa shape index (κ2) is 7.78. The molecule has 0 amide bonds. The van der Waals surface area contributed by atoms with Crippen molar-refractivity contribution in [3.05, 3.63) is 77.0 Å². The van der Waals surface area contributed by atoms with E-state index in [4.69, 9.17) is 4.74 Å². The van der Waals surface area contributed by atoms with Gasteiger partial charge < -0.3 is 10.1 Å². The highest BCUT2D eigenvalue weighted by Crippen LogP contribution is 2.31. The molecule has 0 saturated carbocycles. The highest BCUT2D eigenvalue weighted by Gasteiger charge is 2.20. The zero-order chi connectivity index (χ0) is 22.2. The van der Waals surface area contributed by atoms with Gasteiger partial charge in [0.25, 0.3) is 0 Å². The summed E-state index contributed by atoms with van der Waals surface area (Å²) in [5.41, 5.74) is 4.32. The molecule has 0 bridgehead atoms. The molecule has 0 radical (unpaired) electrons. The molecule has 2 aromatic carbocycles. The molecule has 3 heterocycles. The number of aromatic nitrogens is 3. The maximum absolute atomic E-state index is 14.5. The predicted octanol–water partition coefficient (Wildman–Crippen LogP) is 4.16. The van der Waals surface area contributed by atoms with Crippen LogP contribution in [0.25, 0.3) is 16.8 Å². The third-order valence-corrected chi connectivity index (χ3v) is 5.57. The molecule has 0 saturated heterocycles. The Balaban J connectivity index is 1.52. The summed E-state index contributed by atoms with van der Waals surface area (Å²) in [6.45, 7) is 2.27. The average molecular weight is 427 g/mol. The molecule has 158 valence electrons. The number of nitrogens with one attached hydrogen (secondary N) is 1. The zero-order valence-electron chi connectivity index (χ0n) is 17.2. The molecule has 8 heteroatoms. The quantitative estimate of drug-likeness (QED) is 0.481. The largest absolute Gasteiger partial charge is 0.493 e. The first-order valence-corrected chi connectivity index (χ1v) is 10.1. The number of nitrogens with zero attached hydrogens (tertiary/aromatic N) is 4. The van der Waals surface area contributed by atoms with Crippen LogP contribution in [-0.4, -0.2) is 26.8 Å². The molecule has 1 N–H and O–H groups in total. The molecule has 1 aliphatic rings. The molecule has 0 spiro atoms. The molecular formula is C24H18FN5O2. The lowest BCUT2D eigenvalue weighted by Crippen LogP contribution is -2.09. The number of benzene rings is 2. The van der Waals surface area contributed by atoms with E-state index in [-0.39, 0.29) is 23.8 Å². The summed E-state index contributed by atoms with van der Waals surface area (Å²) in [5.74, 6) is 0.828. The molecule has 0 unspecified atom stereocenters. The van der Waals surface area contributed by atoms with Crippen molar-refractivity contribution in [1.29, 1.82) is 5.26 Å². The van der Waals surface area contributed by atoms with Gasteiger partial charge in [-0.15, -0.1) is 0 Å². The van der Waals surface area contributed by atoms with Gasteiger partial charge in [0, 0.05) is 41.4 Å². The van der Waals surface area contributed by atoms with Crippen molar-refractivity contribution in [3.63, 3.8) is 0 Å². The van der Waals surface area contributed by atoms with Crippen molar-refractivity contribution in [1.82, 2.24) is 14.4 Å². The molecule has 0 atom stereocenters. The molecule has 5 rings (SSSR count). The Morgan fingerprint density at radius 3 is 2.84 bits per heavy atom. The van der Waals surface area contributed by atoms with Gasteiger partial charge in [-0.1, -0.05) is 24.3 Å². The number of ether oxygens (including phenoxy) is 1. The predicted molar refractivity (Wildman–Crippen MR) is 116 cm³/mol. The van der Waals surface area contributed by atoms with Crippen LogP contribution in [0.3, 0.4) is 0 Å². The Kier molecular flexibility index (Phi) is 4.79. The van der Waals surface area contributed by atoms with E-state index in [1.807, 2.05) is 12.1 Å². The third kappa shape index (κ3) is 3.34. The van der Waals surface area contributed by atoms with E-state index in [9.17, 15) is 14.4 Å². The van der Waals surface area contributed by atoms with Crippen molar-refractivity contribution in [3.8, 4) is 22.9 Å². The molecule has 0 aliphatic carbocycles. The van der Waals surface area contributed by atoms with Crippen molar-refractivity contribution < 1.29 is 13.9 Å². The minimum Gasteiger partial charge on any atom is -0.493 e. The van der Waals surface area contributed by atoms with Crippen molar-refractivity contribution in [2.24, 2.45) is 0 Å². The van der Waals surface area contributed by atoms with Crippen LogP contribution < -0.4 is 10.1 Å². The van der Waals surface area contributed by atoms with Gasteiger partial charge in [-0.25, -0.2) is 14.4 Å². The van der Waals surface area contributed by atoms with Crippen molar-refractivity contribution in [2.45, 2.75) is 19.9 Å². The maximum Gasteiger partial charge on any atom is 0.208 e. The van der Waals surface area contributed by atoms with E-state index in [0.29, 0.717) is 47.1 Å². The lowest BCUT2D eigenvalue weighted by molar-refractivity contribution is 0.101. The molecule has 0 fully saturated rings.